The van der Waals surface area contributed by atoms with E-state index in [0.717, 1.165) is 33.3 Å². The van der Waals surface area contributed by atoms with E-state index in [2.05, 4.69) is 52.4 Å². The van der Waals surface area contributed by atoms with E-state index in [1.165, 1.54) is 5.56 Å². The van der Waals surface area contributed by atoms with Gasteiger partial charge >= 0.3 is 0 Å². The Morgan fingerprint density at radius 1 is 1.07 bits per heavy atom. The fraction of sp³-hybridized carbons (Fsp3) is 0.208. The lowest BCUT2D eigenvalue weighted by molar-refractivity contribution is 0.412. The second-order valence-corrected chi connectivity index (χ2v) is 8.56. The molecular weight excluding hydrogens is 448 g/mol. The average Bonchev–Trinajstić information content (AvgIpc) is 2.75. The third-order valence-corrected chi connectivity index (χ3v) is 6.03. The Morgan fingerprint density at radius 2 is 1.79 bits per heavy atom. The zero-order chi connectivity index (χ0) is 20.4. The van der Waals surface area contributed by atoms with Crippen molar-refractivity contribution in [2.24, 2.45) is 4.99 Å². The van der Waals surface area contributed by atoms with E-state index in [9.17, 15) is 5.11 Å². The van der Waals surface area contributed by atoms with Gasteiger partial charge in [0.25, 0.3) is 0 Å². The molecule has 4 rings (SSSR count). The molecule has 5 heteroatoms. The van der Waals surface area contributed by atoms with Crippen LogP contribution in [0.5, 0.6) is 5.75 Å². The van der Waals surface area contributed by atoms with Gasteiger partial charge in [0, 0.05) is 33.2 Å². The van der Waals surface area contributed by atoms with Crippen molar-refractivity contribution in [3.63, 3.8) is 0 Å². The lowest BCUT2D eigenvalue weighted by Crippen LogP contribution is -2.33. The first kappa shape index (κ1) is 20.1. The normalized spacial score (nSPS) is 19.1. The molecule has 0 radical (unpaired) electrons. The summed E-state index contributed by atoms with van der Waals surface area (Å²) < 4.78 is 0.937. The molecule has 0 aliphatic carbocycles. The van der Waals surface area contributed by atoms with E-state index in [0.29, 0.717) is 11.4 Å². The number of nitrogens with zero attached hydrogens (tertiary/aromatic N) is 1. The zero-order valence-corrected chi connectivity index (χ0v) is 18.4. The molecule has 0 saturated heterocycles. The van der Waals surface area contributed by atoms with Crippen molar-refractivity contribution < 1.29 is 5.11 Å². The molecular formula is C24H22BrClN2O. The third kappa shape index (κ3) is 4.55. The van der Waals surface area contributed by atoms with E-state index in [4.69, 9.17) is 16.6 Å². The molecule has 0 aromatic heterocycles. The van der Waals surface area contributed by atoms with E-state index in [-0.39, 0.29) is 18.0 Å². The number of rotatable bonds is 4. The van der Waals surface area contributed by atoms with Gasteiger partial charge in [0.05, 0.1) is 0 Å². The van der Waals surface area contributed by atoms with Crippen molar-refractivity contribution >= 4 is 33.2 Å². The maximum Gasteiger partial charge on any atom is 0.126 e. The Bertz CT molecular complexity index is 1030. The van der Waals surface area contributed by atoms with Crippen LogP contribution in [-0.2, 0) is 6.42 Å². The summed E-state index contributed by atoms with van der Waals surface area (Å²) in [6.07, 6.45) is 1.49. The van der Waals surface area contributed by atoms with Crippen molar-refractivity contribution in [2.45, 2.75) is 32.0 Å². The Kier molecular flexibility index (Phi) is 6.04. The van der Waals surface area contributed by atoms with Crippen molar-refractivity contribution in [3.05, 3.63) is 98.5 Å². The molecule has 0 spiro atoms. The minimum absolute atomic E-state index is 0.0634. The highest BCUT2D eigenvalue weighted by Gasteiger charge is 2.27. The molecule has 2 N–H and O–H groups in total. The van der Waals surface area contributed by atoms with E-state index >= 15 is 0 Å². The van der Waals surface area contributed by atoms with Crippen LogP contribution in [0.2, 0.25) is 5.02 Å². The molecule has 1 heterocycles. The standard InChI is InChI=1S/C24H22BrClN2O/c1-2-15-3-5-16(6-4-15)21-14-22(20-13-18(25)9-12-23(20)29)28-24(27-21)17-7-10-19(26)11-8-17/h3-13,22,24,28-29H,2,14H2,1H3/t22-,24+/m0/s1. The summed E-state index contributed by atoms with van der Waals surface area (Å²) in [5.41, 5.74) is 5.34. The highest BCUT2D eigenvalue weighted by atomic mass is 79.9. The number of phenolic OH excluding ortho intramolecular Hbond substituents is 1. The number of phenols is 1. The summed E-state index contributed by atoms with van der Waals surface area (Å²) in [5.74, 6) is 0.281. The summed E-state index contributed by atoms with van der Waals surface area (Å²) >= 11 is 9.60. The molecule has 148 valence electrons. The maximum atomic E-state index is 10.5. The van der Waals surface area contributed by atoms with Crippen LogP contribution in [0.3, 0.4) is 0 Å². The fourth-order valence-corrected chi connectivity index (χ4v) is 4.14. The van der Waals surface area contributed by atoms with Gasteiger partial charge in [-0.05, 0) is 53.4 Å². The van der Waals surface area contributed by atoms with Crippen LogP contribution in [0, 0.1) is 0 Å². The van der Waals surface area contributed by atoms with Gasteiger partial charge in [0.2, 0.25) is 0 Å². The van der Waals surface area contributed by atoms with Crippen LogP contribution in [0.15, 0.2) is 76.2 Å². The van der Waals surface area contributed by atoms with Gasteiger partial charge in [-0.1, -0.05) is 70.9 Å². The lowest BCUT2D eigenvalue weighted by atomic mass is 9.93. The van der Waals surface area contributed by atoms with Crippen molar-refractivity contribution in [3.8, 4) is 5.75 Å². The van der Waals surface area contributed by atoms with Gasteiger partial charge < -0.3 is 5.11 Å². The largest absolute Gasteiger partial charge is 0.508 e. The smallest absolute Gasteiger partial charge is 0.126 e. The van der Waals surface area contributed by atoms with Gasteiger partial charge in [-0.2, -0.15) is 0 Å². The first-order valence-electron chi connectivity index (χ1n) is 9.69. The van der Waals surface area contributed by atoms with Gasteiger partial charge in [-0.25, -0.2) is 0 Å². The predicted octanol–water partition coefficient (Wildman–Crippen LogP) is 6.59. The average molecular weight is 470 g/mol. The molecule has 0 unspecified atom stereocenters. The first-order chi connectivity index (χ1) is 14.0. The highest BCUT2D eigenvalue weighted by molar-refractivity contribution is 9.10. The monoisotopic (exact) mass is 468 g/mol. The molecule has 0 saturated carbocycles. The zero-order valence-electron chi connectivity index (χ0n) is 16.1. The molecule has 29 heavy (non-hydrogen) atoms. The number of nitrogens with one attached hydrogen (secondary N) is 1. The van der Waals surface area contributed by atoms with Crippen molar-refractivity contribution in [1.82, 2.24) is 5.32 Å². The van der Waals surface area contributed by atoms with Crippen LogP contribution < -0.4 is 5.32 Å². The summed E-state index contributed by atoms with van der Waals surface area (Å²) in [6, 6.07) is 21.8. The van der Waals surface area contributed by atoms with Gasteiger partial charge in [0.1, 0.15) is 11.9 Å². The van der Waals surface area contributed by atoms with E-state index in [1.54, 1.807) is 6.07 Å². The fourth-order valence-electron chi connectivity index (χ4n) is 3.63. The summed E-state index contributed by atoms with van der Waals surface area (Å²) in [5, 5.41) is 14.8. The Balaban J connectivity index is 1.75. The van der Waals surface area contributed by atoms with E-state index in [1.807, 2.05) is 36.4 Å². The number of halogens is 2. The number of hydrogen-bond acceptors (Lipinski definition) is 3. The molecule has 1 aliphatic rings. The number of aliphatic imine (C=N–C) groups is 1. The second kappa shape index (κ2) is 8.70. The number of hydrogen-bond donors (Lipinski definition) is 2. The Labute approximate surface area is 184 Å². The molecule has 3 aromatic rings. The highest BCUT2D eigenvalue weighted by Crippen LogP contribution is 2.36. The number of aromatic hydroxyl groups is 1. The van der Waals surface area contributed by atoms with E-state index < -0.39 is 0 Å². The van der Waals surface area contributed by atoms with Crippen LogP contribution in [0.4, 0.5) is 0 Å². The Morgan fingerprint density at radius 3 is 2.48 bits per heavy atom. The first-order valence-corrected chi connectivity index (χ1v) is 10.9. The quantitative estimate of drug-likeness (QED) is 0.452. The lowest BCUT2D eigenvalue weighted by Gasteiger charge is -2.31. The molecule has 0 amide bonds. The molecule has 0 bridgehead atoms. The van der Waals surface area contributed by atoms with Gasteiger partial charge in [-0.3, -0.25) is 10.3 Å². The minimum Gasteiger partial charge on any atom is -0.508 e. The van der Waals surface area contributed by atoms with Crippen LogP contribution in [-0.4, -0.2) is 10.8 Å². The van der Waals surface area contributed by atoms with Crippen molar-refractivity contribution in [2.75, 3.05) is 0 Å². The number of aryl methyl sites for hydroxylation is 1. The summed E-state index contributed by atoms with van der Waals surface area (Å²) in [6.45, 7) is 2.15. The maximum absolute atomic E-state index is 10.5. The topological polar surface area (TPSA) is 44.6 Å². The summed E-state index contributed by atoms with van der Waals surface area (Å²) in [4.78, 5) is 5.00. The van der Waals surface area contributed by atoms with Gasteiger partial charge in [-0.15, -0.1) is 0 Å². The molecule has 2 atom stereocenters. The van der Waals surface area contributed by atoms with Crippen LogP contribution in [0.1, 0.15) is 47.8 Å². The van der Waals surface area contributed by atoms with Crippen LogP contribution in [0.25, 0.3) is 0 Å². The molecule has 3 aromatic carbocycles. The van der Waals surface area contributed by atoms with Gasteiger partial charge in [0.15, 0.2) is 0 Å². The Hall–Kier alpha value is -2.14. The molecule has 1 aliphatic heterocycles. The minimum atomic E-state index is -0.217. The number of benzene rings is 3. The van der Waals surface area contributed by atoms with Crippen LogP contribution >= 0.6 is 27.5 Å². The summed E-state index contributed by atoms with van der Waals surface area (Å²) in [7, 11) is 0. The molecule has 3 nitrogen and oxygen atoms in total. The third-order valence-electron chi connectivity index (χ3n) is 5.29. The second-order valence-electron chi connectivity index (χ2n) is 7.21. The SMILES string of the molecule is CCc1ccc(C2=N[C@@H](c3ccc(Cl)cc3)N[C@H](c3cc(Br)ccc3O)C2)cc1. The predicted molar refractivity (Wildman–Crippen MR) is 123 cm³/mol. The molecule has 0 fully saturated rings. The van der Waals surface area contributed by atoms with Crippen molar-refractivity contribution in [1.29, 1.82) is 0 Å².